The first-order chi connectivity index (χ1) is 13.7. The molecular formula is C22H24FN2O2S+. The lowest BCUT2D eigenvalue weighted by molar-refractivity contribution is -0.938. The molecule has 146 valence electrons. The number of thiazole rings is 1. The van der Waals surface area contributed by atoms with E-state index in [4.69, 9.17) is 14.5 Å². The number of nitrogens with zero attached hydrogens (tertiary/aromatic N) is 1. The summed E-state index contributed by atoms with van der Waals surface area (Å²) in [5.41, 5.74) is 3.29. The Morgan fingerprint density at radius 1 is 1.04 bits per heavy atom. The summed E-state index contributed by atoms with van der Waals surface area (Å²) in [5.74, 6) is 1.24. The van der Waals surface area contributed by atoms with Gasteiger partial charge in [-0.3, -0.25) is 0 Å². The van der Waals surface area contributed by atoms with E-state index in [0.717, 1.165) is 29.4 Å². The van der Waals surface area contributed by atoms with Gasteiger partial charge in [0.25, 0.3) is 0 Å². The Morgan fingerprint density at radius 3 is 2.46 bits per heavy atom. The molecule has 1 saturated carbocycles. The lowest BCUT2D eigenvalue weighted by atomic mass is 10.2. The molecule has 0 amide bonds. The van der Waals surface area contributed by atoms with E-state index in [1.54, 1.807) is 25.6 Å². The summed E-state index contributed by atoms with van der Waals surface area (Å²) in [6.07, 6.45) is 2.51. The molecule has 3 aromatic rings. The van der Waals surface area contributed by atoms with Gasteiger partial charge in [-0.1, -0.05) is 12.1 Å². The minimum atomic E-state index is -0.184. The fourth-order valence-corrected chi connectivity index (χ4v) is 4.25. The SMILES string of the molecule is COc1ccc(-c2nc(C[NH+](Cc3ccc(F)cc3)C3CC3)cs2)cc1OC. The van der Waals surface area contributed by atoms with Crippen LogP contribution in [0, 0.1) is 5.82 Å². The van der Waals surface area contributed by atoms with Gasteiger partial charge in [-0.05, 0) is 30.3 Å². The van der Waals surface area contributed by atoms with Crippen molar-refractivity contribution in [1.29, 1.82) is 0 Å². The molecular weight excluding hydrogens is 375 g/mol. The minimum absolute atomic E-state index is 0.184. The maximum atomic E-state index is 13.2. The molecule has 1 atom stereocenters. The van der Waals surface area contributed by atoms with E-state index in [1.165, 1.54) is 35.4 Å². The summed E-state index contributed by atoms with van der Waals surface area (Å²) < 4.78 is 23.9. The lowest BCUT2D eigenvalue weighted by Gasteiger charge is -2.18. The Hall–Kier alpha value is -2.44. The first-order valence-electron chi connectivity index (χ1n) is 9.42. The molecule has 1 heterocycles. The molecule has 1 aliphatic rings. The third-order valence-electron chi connectivity index (χ3n) is 5.09. The van der Waals surface area contributed by atoms with Crippen LogP contribution in [0.1, 0.15) is 24.1 Å². The van der Waals surface area contributed by atoms with Gasteiger partial charge in [0.05, 0.1) is 20.3 Å². The molecule has 1 aromatic heterocycles. The molecule has 0 bridgehead atoms. The smallest absolute Gasteiger partial charge is 0.161 e. The summed E-state index contributed by atoms with van der Waals surface area (Å²) >= 11 is 1.65. The third-order valence-corrected chi connectivity index (χ3v) is 6.03. The average molecular weight is 400 g/mol. The molecule has 28 heavy (non-hydrogen) atoms. The zero-order valence-electron chi connectivity index (χ0n) is 16.1. The third kappa shape index (κ3) is 4.34. The predicted octanol–water partition coefficient (Wildman–Crippen LogP) is 3.71. The van der Waals surface area contributed by atoms with E-state index in [0.29, 0.717) is 17.5 Å². The number of aromatic nitrogens is 1. The largest absolute Gasteiger partial charge is 0.493 e. The highest BCUT2D eigenvalue weighted by Crippen LogP contribution is 2.33. The molecule has 1 fully saturated rings. The Kier molecular flexibility index (Phi) is 5.59. The number of quaternary nitrogens is 1. The number of rotatable bonds is 8. The summed E-state index contributed by atoms with van der Waals surface area (Å²) in [6.45, 7) is 1.78. The van der Waals surface area contributed by atoms with E-state index in [9.17, 15) is 4.39 Å². The number of ether oxygens (including phenoxy) is 2. The van der Waals surface area contributed by atoms with Crippen LogP contribution in [0.2, 0.25) is 0 Å². The first-order valence-corrected chi connectivity index (χ1v) is 10.3. The van der Waals surface area contributed by atoms with Gasteiger partial charge in [0.15, 0.2) is 11.5 Å². The number of hydrogen-bond acceptors (Lipinski definition) is 4. The van der Waals surface area contributed by atoms with Crippen molar-refractivity contribution in [1.82, 2.24) is 4.98 Å². The zero-order valence-corrected chi connectivity index (χ0v) is 16.9. The summed E-state index contributed by atoms with van der Waals surface area (Å²) in [5, 5.41) is 3.12. The molecule has 2 aromatic carbocycles. The van der Waals surface area contributed by atoms with Crippen molar-refractivity contribution < 1.29 is 18.8 Å². The van der Waals surface area contributed by atoms with Crippen LogP contribution in [0.4, 0.5) is 4.39 Å². The van der Waals surface area contributed by atoms with Crippen molar-refractivity contribution in [2.75, 3.05) is 14.2 Å². The molecule has 0 radical (unpaired) electrons. The molecule has 0 aliphatic heterocycles. The van der Waals surface area contributed by atoms with Gasteiger partial charge in [0.1, 0.15) is 29.6 Å². The van der Waals surface area contributed by atoms with E-state index in [1.807, 2.05) is 30.3 Å². The van der Waals surface area contributed by atoms with Crippen molar-refractivity contribution in [3.05, 3.63) is 64.9 Å². The van der Waals surface area contributed by atoms with Crippen LogP contribution < -0.4 is 14.4 Å². The second-order valence-electron chi connectivity index (χ2n) is 7.13. The number of benzene rings is 2. The van der Waals surface area contributed by atoms with Gasteiger partial charge in [0.2, 0.25) is 0 Å². The predicted molar refractivity (Wildman–Crippen MR) is 108 cm³/mol. The highest BCUT2D eigenvalue weighted by molar-refractivity contribution is 7.13. The Labute approximate surface area is 168 Å². The fraction of sp³-hybridized carbons (Fsp3) is 0.318. The Morgan fingerprint density at radius 2 is 1.79 bits per heavy atom. The molecule has 0 saturated heterocycles. The standard InChI is InChI=1S/C22H23FN2O2S/c1-26-20-10-5-16(11-21(20)27-2)22-24-18(14-28-22)13-25(19-8-9-19)12-15-3-6-17(23)7-4-15/h3-7,10-11,14,19H,8-9,12-13H2,1-2H3/p+1. The molecule has 4 rings (SSSR count). The second kappa shape index (κ2) is 8.29. The second-order valence-corrected chi connectivity index (χ2v) is 7.98. The number of halogens is 1. The van der Waals surface area contributed by atoms with Gasteiger partial charge in [-0.25, -0.2) is 9.37 Å². The monoisotopic (exact) mass is 399 g/mol. The molecule has 1 aliphatic carbocycles. The van der Waals surface area contributed by atoms with Crippen molar-refractivity contribution in [3.8, 4) is 22.1 Å². The van der Waals surface area contributed by atoms with Gasteiger partial charge in [-0.15, -0.1) is 11.3 Å². The number of nitrogens with one attached hydrogen (secondary N) is 1. The van der Waals surface area contributed by atoms with Crippen molar-refractivity contribution in [2.24, 2.45) is 0 Å². The summed E-state index contributed by atoms with van der Waals surface area (Å²) in [7, 11) is 3.27. The highest BCUT2D eigenvalue weighted by Gasteiger charge is 2.33. The van der Waals surface area contributed by atoms with E-state index in [-0.39, 0.29) is 5.82 Å². The van der Waals surface area contributed by atoms with Crippen LogP contribution in [0.5, 0.6) is 11.5 Å². The normalized spacial score (nSPS) is 14.7. The van der Waals surface area contributed by atoms with Gasteiger partial charge >= 0.3 is 0 Å². The van der Waals surface area contributed by atoms with Crippen LogP contribution in [-0.2, 0) is 13.1 Å². The quantitative estimate of drug-likeness (QED) is 0.627. The van der Waals surface area contributed by atoms with Gasteiger partial charge < -0.3 is 14.4 Å². The lowest BCUT2D eigenvalue weighted by Crippen LogP contribution is -3.10. The topological polar surface area (TPSA) is 35.8 Å². The van der Waals surface area contributed by atoms with Gasteiger partial charge in [-0.2, -0.15) is 0 Å². The van der Waals surface area contributed by atoms with Crippen molar-refractivity contribution in [3.63, 3.8) is 0 Å². The van der Waals surface area contributed by atoms with Crippen LogP contribution in [0.3, 0.4) is 0 Å². The van der Waals surface area contributed by atoms with Crippen LogP contribution >= 0.6 is 11.3 Å². The highest BCUT2D eigenvalue weighted by atomic mass is 32.1. The minimum Gasteiger partial charge on any atom is -0.493 e. The number of methoxy groups -OCH3 is 2. The van der Waals surface area contributed by atoms with Crippen molar-refractivity contribution in [2.45, 2.75) is 32.0 Å². The molecule has 1 unspecified atom stereocenters. The Bertz CT molecular complexity index is 938. The maximum absolute atomic E-state index is 13.2. The summed E-state index contributed by atoms with van der Waals surface area (Å²) in [4.78, 5) is 6.35. The summed E-state index contributed by atoms with van der Waals surface area (Å²) in [6, 6.07) is 13.4. The molecule has 0 spiro atoms. The average Bonchev–Trinajstić information content (AvgIpc) is 3.47. The Balaban J connectivity index is 1.49. The van der Waals surface area contributed by atoms with E-state index < -0.39 is 0 Å². The molecule has 6 heteroatoms. The van der Waals surface area contributed by atoms with Crippen molar-refractivity contribution >= 4 is 11.3 Å². The van der Waals surface area contributed by atoms with Crippen LogP contribution in [0.15, 0.2) is 47.8 Å². The first kappa shape index (κ1) is 18.9. The van der Waals surface area contributed by atoms with Gasteiger partial charge in [0, 0.05) is 29.3 Å². The molecule has 4 nitrogen and oxygen atoms in total. The molecule has 1 N–H and O–H groups in total. The van der Waals surface area contributed by atoms with Crippen LogP contribution in [0.25, 0.3) is 10.6 Å². The van der Waals surface area contributed by atoms with E-state index >= 15 is 0 Å². The zero-order chi connectivity index (χ0) is 19.5. The number of hydrogen-bond donors (Lipinski definition) is 1. The van der Waals surface area contributed by atoms with Crippen LogP contribution in [-0.4, -0.2) is 25.2 Å². The maximum Gasteiger partial charge on any atom is 0.161 e. The fourth-order valence-electron chi connectivity index (χ4n) is 3.43. The van der Waals surface area contributed by atoms with E-state index in [2.05, 4.69) is 5.38 Å².